The van der Waals surface area contributed by atoms with Gasteiger partial charge in [-0.05, 0) is 26.0 Å². The van der Waals surface area contributed by atoms with Gasteiger partial charge in [-0.2, -0.15) is 5.10 Å². The van der Waals surface area contributed by atoms with Crippen molar-refractivity contribution in [1.82, 2.24) is 9.78 Å². The molecule has 8 nitrogen and oxygen atoms in total. The number of amides is 2. The molecule has 1 aromatic carbocycles. The van der Waals surface area contributed by atoms with Crippen LogP contribution in [0.5, 0.6) is 5.75 Å². The molecule has 0 saturated heterocycles. The Balaban J connectivity index is 1.86. The van der Waals surface area contributed by atoms with E-state index in [9.17, 15) is 9.59 Å². The first-order valence-corrected chi connectivity index (χ1v) is 8.35. The molecule has 1 aromatic heterocycles. The fraction of sp³-hybridized carbons (Fsp3) is 0.389. The number of aryl methyl sites for hydroxylation is 2. The molecule has 0 aliphatic heterocycles. The summed E-state index contributed by atoms with van der Waals surface area (Å²) in [7, 11) is 5.20. The molecule has 2 amide bonds. The molecule has 0 saturated carbocycles. The number of carbonyl (C=O) groups excluding carboxylic acids is 2. The largest absolute Gasteiger partial charge is 0.497 e. The zero-order valence-corrected chi connectivity index (χ0v) is 15.8. The molecule has 0 bridgehead atoms. The number of methoxy groups -OCH3 is 1. The zero-order valence-electron chi connectivity index (χ0n) is 15.8. The van der Waals surface area contributed by atoms with Crippen molar-refractivity contribution >= 4 is 23.2 Å². The van der Waals surface area contributed by atoms with Crippen molar-refractivity contribution in [2.45, 2.75) is 13.8 Å². The number of anilines is 2. The van der Waals surface area contributed by atoms with E-state index in [0.29, 0.717) is 11.4 Å². The predicted molar refractivity (Wildman–Crippen MR) is 99.6 cm³/mol. The van der Waals surface area contributed by atoms with Crippen LogP contribution < -0.4 is 20.3 Å². The average Bonchev–Trinajstić information content (AvgIpc) is 2.80. The minimum atomic E-state index is -0.169. The lowest BCUT2D eigenvalue weighted by molar-refractivity contribution is -0.862. The van der Waals surface area contributed by atoms with Crippen LogP contribution in [0.3, 0.4) is 0 Å². The minimum Gasteiger partial charge on any atom is -0.497 e. The fourth-order valence-electron chi connectivity index (χ4n) is 2.65. The summed E-state index contributed by atoms with van der Waals surface area (Å²) in [6.07, 6.45) is 0. The molecule has 140 valence electrons. The maximum absolute atomic E-state index is 12.2. The van der Waals surface area contributed by atoms with Gasteiger partial charge >= 0.3 is 0 Å². The molecule has 2 rings (SSSR count). The Hall–Kier alpha value is -2.87. The molecule has 1 unspecified atom stereocenters. The second-order valence-electron chi connectivity index (χ2n) is 6.31. The first-order valence-electron chi connectivity index (χ1n) is 8.35. The standard InChI is InChI=1S/C18H25N5O3/c1-12-18(13(2)23(4)21-12)20-17(25)11-22(3)10-16(24)19-14-7-6-8-15(9-14)26-5/h6-9H,10-11H2,1-5H3,(H,19,24)(H,20,25)/p+1. The van der Waals surface area contributed by atoms with Crippen LogP contribution in [0.2, 0.25) is 0 Å². The lowest BCUT2D eigenvalue weighted by atomic mass is 10.3. The van der Waals surface area contributed by atoms with Crippen molar-refractivity contribution in [3.8, 4) is 5.75 Å². The number of quaternary nitrogens is 1. The van der Waals surface area contributed by atoms with Crippen molar-refractivity contribution in [3.63, 3.8) is 0 Å². The number of carbonyl (C=O) groups is 2. The number of aromatic nitrogens is 2. The van der Waals surface area contributed by atoms with Crippen LogP contribution in [0.15, 0.2) is 24.3 Å². The van der Waals surface area contributed by atoms with Crippen LogP contribution in [-0.4, -0.2) is 48.8 Å². The Morgan fingerprint density at radius 3 is 2.42 bits per heavy atom. The molecule has 26 heavy (non-hydrogen) atoms. The third kappa shape index (κ3) is 5.06. The van der Waals surface area contributed by atoms with Gasteiger partial charge in [0.2, 0.25) is 0 Å². The predicted octanol–water partition coefficient (Wildman–Crippen LogP) is 0.137. The summed E-state index contributed by atoms with van der Waals surface area (Å²) in [5.74, 6) is 0.346. The smallest absolute Gasteiger partial charge is 0.279 e. The van der Waals surface area contributed by atoms with E-state index in [1.54, 1.807) is 43.1 Å². The van der Waals surface area contributed by atoms with E-state index < -0.39 is 0 Å². The van der Waals surface area contributed by atoms with Crippen LogP contribution in [0.25, 0.3) is 0 Å². The number of nitrogens with one attached hydrogen (secondary N) is 3. The van der Waals surface area contributed by atoms with Gasteiger partial charge in [0.25, 0.3) is 11.8 Å². The summed E-state index contributed by atoms with van der Waals surface area (Å²) in [5, 5.41) is 9.96. The van der Waals surface area contributed by atoms with Crippen molar-refractivity contribution in [2.24, 2.45) is 7.05 Å². The highest BCUT2D eigenvalue weighted by atomic mass is 16.5. The molecule has 0 radical (unpaired) electrons. The molecular weight excluding hydrogens is 334 g/mol. The van der Waals surface area contributed by atoms with Crippen LogP contribution in [0, 0.1) is 13.8 Å². The van der Waals surface area contributed by atoms with Crippen molar-refractivity contribution in [1.29, 1.82) is 0 Å². The highest BCUT2D eigenvalue weighted by Crippen LogP contribution is 2.18. The average molecular weight is 360 g/mol. The van der Waals surface area contributed by atoms with Gasteiger partial charge in [-0.15, -0.1) is 0 Å². The topological polar surface area (TPSA) is 89.7 Å². The zero-order chi connectivity index (χ0) is 19.3. The summed E-state index contributed by atoms with van der Waals surface area (Å²) >= 11 is 0. The number of hydrogen-bond acceptors (Lipinski definition) is 4. The number of hydrogen-bond donors (Lipinski definition) is 3. The summed E-state index contributed by atoms with van der Waals surface area (Å²) < 4.78 is 6.86. The Kier molecular flexibility index (Phi) is 6.35. The van der Waals surface area contributed by atoms with E-state index in [-0.39, 0.29) is 24.9 Å². The summed E-state index contributed by atoms with van der Waals surface area (Å²) in [6, 6.07) is 7.14. The molecule has 0 spiro atoms. The van der Waals surface area contributed by atoms with Crippen LogP contribution in [-0.2, 0) is 16.6 Å². The summed E-state index contributed by atoms with van der Waals surface area (Å²) in [6.45, 7) is 4.10. The van der Waals surface area contributed by atoms with E-state index in [0.717, 1.165) is 22.0 Å². The maximum atomic E-state index is 12.2. The Morgan fingerprint density at radius 2 is 1.85 bits per heavy atom. The van der Waals surface area contributed by atoms with Gasteiger partial charge in [0.1, 0.15) is 5.75 Å². The Bertz CT molecular complexity index is 800. The van der Waals surface area contributed by atoms with E-state index in [4.69, 9.17) is 4.74 Å². The first kappa shape index (κ1) is 19.5. The SMILES string of the molecule is COc1cccc(NC(=O)C[NH+](C)CC(=O)Nc2c(C)nn(C)c2C)c1. The van der Waals surface area contributed by atoms with Crippen LogP contribution in [0.4, 0.5) is 11.4 Å². The molecular formula is C18H26N5O3+. The van der Waals surface area contributed by atoms with Gasteiger partial charge in [0.15, 0.2) is 13.1 Å². The highest BCUT2D eigenvalue weighted by molar-refractivity contribution is 5.93. The number of nitrogens with zero attached hydrogens (tertiary/aromatic N) is 2. The molecule has 1 heterocycles. The third-order valence-corrected chi connectivity index (χ3v) is 4.05. The Labute approximate surface area is 153 Å². The van der Waals surface area contributed by atoms with Gasteiger partial charge in [0, 0.05) is 18.8 Å². The molecule has 8 heteroatoms. The van der Waals surface area contributed by atoms with Gasteiger partial charge in [-0.3, -0.25) is 14.3 Å². The van der Waals surface area contributed by atoms with Gasteiger partial charge in [-0.25, -0.2) is 0 Å². The van der Waals surface area contributed by atoms with E-state index in [1.165, 1.54) is 0 Å². The molecule has 2 aromatic rings. The molecule has 1 atom stereocenters. The van der Waals surface area contributed by atoms with Gasteiger partial charge < -0.3 is 20.3 Å². The lowest BCUT2D eigenvalue weighted by Crippen LogP contribution is -3.11. The van der Waals surface area contributed by atoms with Crippen molar-refractivity contribution < 1.29 is 19.2 Å². The number of benzene rings is 1. The second kappa shape index (κ2) is 8.48. The van der Waals surface area contributed by atoms with Crippen LogP contribution >= 0.6 is 0 Å². The second-order valence-corrected chi connectivity index (χ2v) is 6.31. The summed E-state index contributed by atoms with van der Waals surface area (Å²) in [5.41, 5.74) is 3.05. The molecule has 0 fully saturated rings. The van der Waals surface area contributed by atoms with Crippen LogP contribution in [0.1, 0.15) is 11.4 Å². The Morgan fingerprint density at radius 1 is 1.19 bits per heavy atom. The highest BCUT2D eigenvalue weighted by Gasteiger charge is 2.17. The summed E-state index contributed by atoms with van der Waals surface area (Å²) in [4.78, 5) is 25.2. The minimum absolute atomic E-state index is 0.157. The molecule has 3 N–H and O–H groups in total. The van der Waals surface area contributed by atoms with E-state index in [1.807, 2.05) is 20.9 Å². The number of rotatable bonds is 7. The quantitative estimate of drug-likeness (QED) is 0.655. The fourth-order valence-corrected chi connectivity index (χ4v) is 2.65. The monoisotopic (exact) mass is 360 g/mol. The third-order valence-electron chi connectivity index (χ3n) is 4.05. The number of likely N-dealkylation sites (N-methyl/N-ethyl adjacent to an activating group) is 1. The van der Waals surface area contributed by atoms with E-state index >= 15 is 0 Å². The van der Waals surface area contributed by atoms with Gasteiger partial charge in [-0.1, -0.05) is 6.07 Å². The van der Waals surface area contributed by atoms with Crippen molar-refractivity contribution in [2.75, 3.05) is 37.9 Å². The van der Waals surface area contributed by atoms with Crippen molar-refractivity contribution in [3.05, 3.63) is 35.7 Å². The normalized spacial score (nSPS) is 11.7. The number of ether oxygens (including phenoxy) is 1. The molecule has 0 aliphatic carbocycles. The first-order chi connectivity index (χ1) is 12.3. The lowest BCUT2D eigenvalue weighted by Gasteiger charge is -2.14. The van der Waals surface area contributed by atoms with Gasteiger partial charge in [0.05, 0.1) is 31.2 Å². The molecule has 0 aliphatic rings. The van der Waals surface area contributed by atoms with E-state index in [2.05, 4.69) is 15.7 Å². The maximum Gasteiger partial charge on any atom is 0.279 e.